The third-order valence-corrected chi connectivity index (χ3v) is 3.25. The van der Waals surface area contributed by atoms with Gasteiger partial charge in [-0.25, -0.2) is 4.79 Å². The van der Waals surface area contributed by atoms with Gasteiger partial charge in [0.25, 0.3) is 0 Å². The lowest BCUT2D eigenvalue weighted by Crippen LogP contribution is -2.35. The number of rotatable bonds is 4. The molecule has 0 aliphatic heterocycles. The smallest absolute Gasteiger partial charge is 0.336 e. The maximum absolute atomic E-state index is 11.8. The Labute approximate surface area is 121 Å². The number of benzene rings is 1. The second-order valence-corrected chi connectivity index (χ2v) is 5.01. The van der Waals surface area contributed by atoms with E-state index in [-0.39, 0.29) is 5.91 Å². The zero-order valence-corrected chi connectivity index (χ0v) is 11.9. The lowest BCUT2D eigenvalue weighted by atomic mass is 10.1. The Bertz CT molecular complexity index is 696. The highest BCUT2D eigenvalue weighted by Crippen LogP contribution is 2.20. The molecule has 106 valence electrons. The minimum Gasteiger partial charge on any atom is -0.423 e. The molecule has 2 aromatic rings. The van der Waals surface area contributed by atoms with Crippen molar-refractivity contribution in [3.05, 3.63) is 40.2 Å². The fourth-order valence-corrected chi connectivity index (χ4v) is 2.19. The summed E-state index contributed by atoms with van der Waals surface area (Å²) in [4.78, 5) is 23.2. The van der Waals surface area contributed by atoms with Crippen LogP contribution in [0.25, 0.3) is 11.0 Å². The second-order valence-electron chi connectivity index (χ2n) is 4.57. The molecular weight excluding hydrogens is 276 g/mol. The fourth-order valence-electron chi connectivity index (χ4n) is 1.91. The van der Waals surface area contributed by atoms with E-state index in [4.69, 9.17) is 10.2 Å². The van der Waals surface area contributed by atoms with Gasteiger partial charge >= 0.3 is 5.63 Å². The SMILES string of the molecule is Cc1cc(=O)oc2cc(NC(=O)[C@@H](N)CCS)ccc12. The normalized spacial score (nSPS) is 12.3. The van der Waals surface area contributed by atoms with Gasteiger partial charge in [0.2, 0.25) is 5.91 Å². The van der Waals surface area contributed by atoms with Gasteiger partial charge in [-0.05, 0) is 36.8 Å². The Morgan fingerprint density at radius 3 is 2.90 bits per heavy atom. The molecule has 0 bridgehead atoms. The van der Waals surface area contributed by atoms with E-state index < -0.39 is 11.7 Å². The third kappa shape index (κ3) is 3.20. The van der Waals surface area contributed by atoms with Crippen molar-refractivity contribution >= 4 is 35.2 Å². The highest BCUT2D eigenvalue weighted by molar-refractivity contribution is 7.80. The van der Waals surface area contributed by atoms with Crippen molar-refractivity contribution in [2.45, 2.75) is 19.4 Å². The van der Waals surface area contributed by atoms with E-state index in [0.29, 0.717) is 23.4 Å². The molecular formula is C14H16N2O3S. The van der Waals surface area contributed by atoms with Crippen molar-refractivity contribution in [2.75, 3.05) is 11.1 Å². The molecule has 1 aromatic heterocycles. The van der Waals surface area contributed by atoms with Gasteiger partial charge in [-0.1, -0.05) is 0 Å². The number of fused-ring (bicyclic) bond motifs is 1. The predicted molar refractivity (Wildman–Crippen MR) is 82.3 cm³/mol. The average molecular weight is 292 g/mol. The van der Waals surface area contributed by atoms with Crippen molar-refractivity contribution in [1.82, 2.24) is 0 Å². The van der Waals surface area contributed by atoms with Crippen LogP contribution >= 0.6 is 12.6 Å². The molecule has 0 unspecified atom stereocenters. The molecule has 0 saturated carbocycles. The van der Waals surface area contributed by atoms with Crippen molar-refractivity contribution in [3.8, 4) is 0 Å². The molecule has 1 heterocycles. The number of aryl methyl sites for hydroxylation is 1. The van der Waals surface area contributed by atoms with Crippen LogP contribution in [0.1, 0.15) is 12.0 Å². The molecule has 0 saturated heterocycles. The molecule has 1 aromatic carbocycles. The van der Waals surface area contributed by atoms with Gasteiger partial charge in [-0.3, -0.25) is 4.79 Å². The summed E-state index contributed by atoms with van der Waals surface area (Å²) in [6, 6.07) is 6.00. The van der Waals surface area contributed by atoms with Gasteiger partial charge in [0.1, 0.15) is 5.58 Å². The molecule has 2 rings (SSSR count). The summed E-state index contributed by atoms with van der Waals surface area (Å²) in [5, 5.41) is 3.53. The Balaban J connectivity index is 2.28. The number of hydrogen-bond acceptors (Lipinski definition) is 5. The lowest BCUT2D eigenvalue weighted by Gasteiger charge is -2.11. The molecule has 5 nitrogen and oxygen atoms in total. The number of thiol groups is 1. The third-order valence-electron chi connectivity index (χ3n) is 3.00. The molecule has 0 fully saturated rings. The van der Waals surface area contributed by atoms with E-state index in [0.717, 1.165) is 10.9 Å². The molecule has 20 heavy (non-hydrogen) atoms. The van der Waals surface area contributed by atoms with E-state index in [1.807, 2.05) is 6.92 Å². The first-order valence-electron chi connectivity index (χ1n) is 6.23. The Hall–Kier alpha value is -1.79. The number of nitrogens with one attached hydrogen (secondary N) is 1. The molecule has 0 aliphatic rings. The van der Waals surface area contributed by atoms with Gasteiger partial charge in [0.05, 0.1) is 6.04 Å². The van der Waals surface area contributed by atoms with Crippen LogP contribution in [-0.4, -0.2) is 17.7 Å². The van der Waals surface area contributed by atoms with Crippen molar-refractivity contribution < 1.29 is 9.21 Å². The van der Waals surface area contributed by atoms with Gasteiger partial charge < -0.3 is 15.5 Å². The zero-order chi connectivity index (χ0) is 14.7. The summed E-state index contributed by atoms with van der Waals surface area (Å²) >= 11 is 4.04. The van der Waals surface area contributed by atoms with Gasteiger partial charge in [-0.15, -0.1) is 0 Å². The van der Waals surface area contributed by atoms with Crippen LogP contribution in [0, 0.1) is 6.92 Å². The van der Waals surface area contributed by atoms with Crippen LogP contribution in [0.3, 0.4) is 0 Å². The van der Waals surface area contributed by atoms with Crippen molar-refractivity contribution in [3.63, 3.8) is 0 Å². The molecule has 3 N–H and O–H groups in total. The maximum atomic E-state index is 11.8. The first kappa shape index (κ1) is 14.6. The monoisotopic (exact) mass is 292 g/mol. The van der Waals surface area contributed by atoms with Crippen LogP contribution in [0.2, 0.25) is 0 Å². The van der Waals surface area contributed by atoms with Crippen LogP contribution in [-0.2, 0) is 4.79 Å². The lowest BCUT2D eigenvalue weighted by molar-refractivity contribution is -0.117. The summed E-state index contributed by atoms with van der Waals surface area (Å²) < 4.78 is 5.12. The van der Waals surface area contributed by atoms with Crippen LogP contribution in [0.4, 0.5) is 5.69 Å². The molecule has 0 radical (unpaired) electrons. The van der Waals surface area contributed by atoms with Crippen LogP contribution in [0.5, 0.6) is 0 Å². The minimum atomic E-state index is -0.604. The Morgan fingerprint density at radius 2 is 2.20 bits per heavy atom. The average Bonchev–Trinajstić information content (AvgIpc) is 2.38. The number of hydrogen-bond donors (Lipinski definition) is 3. The summed E-state index contributed by atoms with van der Waals surface area (Å²) in [5.41, 5.74) is 7.11. The Morgan fingerprint density at radius 1 is 1.45 bits per heavy atom. The quantitative estimate of drug-likeness (QED) is 0.591. The maximum Gasteiger partial charge on any atom is 0.336 e. The first-order chi connectivity index (χ1) is 9.51. The molecule has 1 amide bonds. The highest BCUT2D eigenvalue weighted by Gasteiger charge is 2.13. The van der Waals surface area contributed by atoms with E-state index >= 15 is 0 Å². The number of anilines is 1. The Kier molecular flexibility index (Phi) is 4.46. The molecule has 0 aliphatic carbocycles. The van der Waals surface area contributed by atoms with E-state index in [9.17, 15) is 9.59 Å². The number of amides is 1. The number of carbonyl (C=O) groups excluding carboxylic acids is 1. The number of nitrogens with two attached hydrogens (primary N) is 1. The van der Waals surface area contributed by atoms with E-state index in [1.165, 1.54) is 6.07 Å². The minimum absolute atomic E-state index is 0.284. The first-order valence-corrected chi connectivity index (χ1v) is 6.86. The second kappa shape index (κ2) is 6.11. The largest absolute Gasteiger partial charge is 0.423 e. The van der Waals surface area contributed by atoms with E-state index in [2.05, 4.69) is 17.9 Å². The van der Waals surface area contributed by atoms with Crippen LogP contribution in [0.15, 0.2) is 33.5 Å². The summed E-state index contributed by atoms with van der Waals surface area (Å²) in [5.74, 6) is 0.258. The molecule has 0 spiro atoms. The molecule has 6 heteroatoms. The fraction of sp³-hybridized carbons (Fsp3) is 0.286. The van der Waals surface area contributed by atoms with Crippen molar-refractivity contribution in [2.24, 2.45) is 5.73 Å². The number of carbonyl (C=O) groups is 1. The molecule has 1 atom stereocenters. The summed E-state index contributed by atoms with van der Waals surface area (Å²) in [6.07, 6.45) is 0.497. The predicted octanol–water partition coefficient (Wildman–Crippen LogP) is 1.69. The standard InChI is InChI=1S/C14H16N2O3S/c1-8-6-13(17)19-12-7-9(2-3-10(8)12)16-14(18)11(15)4-5-20/h2-3,6-7,11,20H,4-5,15H2,1H3,(H,16,18)/t11-/m0/s1. The summed E-state index contributed by atoms with van der Waals surface area (Å²) in [7, 11) is 0. The van der Waals surface area contributed by atoms with Gasteiger partial charge in [0.15, 0.2) is 0 Å². The van der Waals surface area contributed by atoms with E-state index in [1.54, 1.807) is 18.2 Å². The zero-order valence-electron chi connectivity index (χ0n) is 11.1. The van der Waals surface area contributed by atoms with Gasteiger partial charge in [0, 0.05) is 23.2 Å². The summed E-state index contributed by atoms with van der Waals surface area (Å²) in [6.45, 7) is 1.83. The van der Waals surface area contributed by atoms with Crippen LogP contribution < -0.4 is 16.7 Å². The topological polar surface area (TPSA) is 85.3 Å². The highest BCUT2D eigenvalue weighted by atomic mass is 32.1. The van der Waals surface area contributed by atoms with Gasteiger partial charge in [-0.2, -0.15) is 12.6 Å². The van der Waals surface area contributed by atoms with Crippen molar-refractivity contribution in [1.29, 1.82) is 0 Å².